The van der Waals surface area contributed by atoms with Crippen molar-refractivity contribution in [1.29, 1.82) is 0 Å². The van der Waals surface area contributed by atoms with Crippen molar-refractivity contribution in [3.63, 3.8) is 0 Å². The smallest absolute Gasteiger partial charge is 0.185 e. The Morgan fingerprint density at radius 2 is 1.75 bits per heavy atom. The fraction of sp³-hybridized carbons (Fsp3) is 0.250. The van der Waals surface area contributed by atoms with E-state index < -0.39 is 0 Å². The maximum atomic E-state index is 12.3. The Bertz CT molecular complexity index is 732. The summed E-state index contributed by atoms with van der Waals surface area (Å²) >= 11 is 6.08. The number of hydrogen-bond acceptors (Lipinski definition) is 3. The van der Waals surface area contributed by atoms with Gasteiger partial charge in [0.2, 0.25) is 0 Å². The highest BCUT2D eigenvalue weighted by molar-refractivity contribution is 6.32. The molecule has 1 fully saturated rings. The lowest BCUT2D eigenvalue weighted by Crippen LogP contribution is -2.35. The largest absolute Gasteiger partial charge is 0.393 e. The van der Waals surface area contributed by atoms with Gasteiger partial charge in [0.1, 0.15) is 0 Å². The minimum absolute atomic E-state index is 0.0458. The van der Waals surface area contributed by atoms with Crippen molar-refractivity contribution in [2.24, 2.45) is 0 Å². The number of aliphatic hydroxyl groups excluding tert-OH is 1. The predicted molar refractivity (Wildman–Crippen MR) is 98.7 cm³/mol. The van der Waals surface area contributed by atoms with Crippen LogP contribution in [0.5, 0.6) is 0 Å². The summed E-state index contributed by atoms with van der Waals surface area (Å²) in [5.41, 5.74) is 2.57. The molecule has 0 amide bonds. The molecule has 0 bridgehead atoms. The highest BCUT2D eigenvalue weighted by atomic mass is 35.5. The molecule has 1 N–H and O–H groups in total. The van der Waals surface area contributed by atoms with Gasteiger partial charge in [0.25, 0.3) is 0 Å². The third-order valence-corrected chi connectivity index (χ3v) is 4.65. The molecule has 0 saturated carbocycles. The molecular formula is C20H20ClNO2. The standard InChI is InChI=1S/C20H20ClNO2/c21-19-4-2-1-3-15(19)7-10-20(24)16-5-8-17(9-6-16)22-13-11-18(23)12-14-22/h1-10,18,23H,11-14H2. The first-order valence-corrected chi connectivity index (χ1v) is 8.51. The number of carbonyl (C=O) groups is 1. The van der Waals surface area contributed by atoms with Gasteiger partial charge in [-0.25, -0.2) is 0 Å². The zero-order valence-corrected chi connectivity index (χ0v) is 14.1. The number of ketones is 1. The number of aliphatic hydroxyl groups is 1. The molecule has 4 heteroatoms. The van der Waals surface area contributed by atoms with Crippen LogP contribution in [-0.2, 0) is 0 Å². The Hall–Kier alpha value is -2.10. The van der Waals surface area contributed by atoms with Gasteiger partial charge in [0, 0.05) is 29.4 Å². The van der Waals surface area contributed by atoms with E-state index in [1.807, 2.05) is 42.5 Å². The van der Waals surface area contributed by atoms with Crippen molar-refractivity contribution in [3.8, 4) is 0 Å². The van der Waals surface area contributed by atoms with Gasteiger partial charge in [-0.15, -0.1) is 0 Å². The Morgan fingerprint density at radius 3 is 2.42 bits per heavy atom. The summed E-state index contributed by atoms with van der Waals surface area (Å²) in [5, 5.41) is 10.2. The molecule has 24 heavy (non-hydrogen) atoms. The van der Waals surface area contributed by atoms with Gasteiger partial charge in [-0.3, -0.25) is 4.79 Å². The van der Waals surface area contributed by atoms with Crippen LogP contribution in [0.2, 0.25) is 5.02 Å². The van der Waals surface area contributed by atoms with Crippen LogP contribution in [-0.4, -0.2) is 30.1 Å². The summed E-state index contributed by atoms with van der Waals surface area (Å²) in [7, 11) is 0. The van der Waals surface area contributed by atoms with Crippen molar-refractivity contribution >= 4 is 29.1 Å². The molecule has 1 heterocycles. The Balaban J connectivity index is 1.67. The molecule has 124 valence electrons. The summed E-state index contributed by atoms with van der Waals surface area (Å²) in [6.45, 7) is 1.70. The number of allylic oxidation sites excluding steroid dienone is 1. The van der Waals surface area contributed by atoms with Crippen LogP contribution < -0.4 is 4.90 Å². The molecule has 0 spiro atoms. The van der Waals surface area contributed by atoms with Crippen molar-refractivity contribution in [3.05, 3.63) is 70.8 Å². The minimum atomic E-state index is -0.183. The minimum Gasteiger partial charge on any atom is -0.393 e. The predicted octanol–water partition coefficient (Wildman–Crippen LogP) is 4.20. The lowest BCUT2D eigenvalue weighted by molar-refractivity contribution is 0.104. The molecule has 1 saturated heterocycles. The van der Waals surface area contributed by atoms with E-state index in [0.29, 0.717) is 10.6 Å². The van der Waals surface area contributed by atoms with E-state index in [4.69, 9.17) is 11.6 Å². The van der Waals surface area contributed by atoms with E-state index in [9.17, 15) is 9.90 Å². The average molecular weight is 342 g/mol. The molecule has 0 atom stereocenters. The maximum absolute atomic E-state index is 12.3. The van der Waals surface area contributed by atoms with Crippen molar-refractivity contribution in [2.45, 2.75) is 18.9 Å². The zero-order chi connectivity index (χ0) is 16.9. The third kappa shape index (κ3) is 4.05. The van der Waals surface area contributed by atoms with Crippen molar-refractivity contribution in [2.75, 3.05) is 18.0 Å². The summed E-state index contributed by atoms with van der Waals surface area (Å²) < 4.78 is 0. The van der Waals surface area contributed by atoms with Crippen molar-refractivity contribution in [1.82, 2.24) is 0 Å². The maximum Gasteiger partial charge on any atom is 0.185 e. The Kier molecular flexibility index (Phi) is 5.34. The topological polar surface area (TPSA) is 40.5 Å². The van der Waals surface area contributed by atoms with Crippen LogP contribution in [0.4, 0.5) is 5.69 Å². The number of carbonyl (C=O) groups excluding carboxylic acids is 1. The normalized spacial score (nSPS) is 15.8. The lowest BCUT2D eigenvalue weighted by atomic mass is 10.1. The van der Waals surface area contributed by atoms with E-state index in [2.05, 4.69) is 4.90 Å². The number of nitrogens with zero attached hydrogens (tertiary/aromatic N) is 1. The highest BCUT2D eigenvalue weighted by Gasteiger charge is 2.17. The molecule has 3 nitrogen and oxygen atoms in total. The van der Waals surface area contributed by atoms with E-state index in [-0.39, 0.29) is 11.9 Å². The number of hydrogen-bond donors (Lipinski definition) is 1. The molecule has 2 aromatic carbocycles. The first-order chi connectivity index (χ1) is 11.6. The third-order valence-electron chi connectivity index (χ3n) is 4.30. The Morgan fingerprint density at radius 1 is 1.08 bits per heavy atom. The fourth-order valence-corrected chi connectivity index (χ4v) is 3.03. The first-order valence-electron chi connectivity index (χ1n) is 8.13. The number of benzene rings is 2. The summed E-state index contributed by atoms with van der Waals surface area (Å²) in [5.74, 6) is -0.0458. The molecule has 3 rings (SSSR count). The van der Waals surface area contributed by atoms with Gasteiger partial charge >= 0.3 is 0 Å². The van der Waals surface area contributed by atoms with Crippen LogP contribution in [0.15, 0.2) is 54.6 Å². The van der Waals surface area contributed by atoms with Crippen LogP contribution >= 0.6 is 11.6 Å². The van der Waals surface area contributed by atoms with E-state index in [1.165, 1.54) is 0 Å². The van der Waals surface area contributed by atoms with Crippen LogP contribution in [0.3, 0.4) is 0 Å². The average Bonchev–Trinajstić information content (AvgIpc) is 2.62. The van der Waals surface area contributed by atoms with Crippen LogP contribution in [0, 0.1) is 0 Å². The SMILES string of the molecule is O=C(C=Cc1ccccc1Cl)c1ccc(N2CCC(O)CC2)cc1. The molecule has 0 aromatic heterocycles. The van der Waals surface area contributed by atoms with E-state index in [0.717, 1.165) is 37.2 Å². The molecule has 0 radical (unpaired) electrons. The van der Waals surface area contributed by atoms with Gasteiger partial charge in [0.05, 0.1) is 6.10 Å². The van der Waals surface area contributed by atoms with Crippen molar-refractivity contribution < 1.29 is 9.90 Å². The zero-order valence-electron chi connectivity index (χ0n) is 13.4. The van der Waals surface area contributed by atoms with Gasteiger partial charge < -0.3 is 10.0 Å². The number of anilines is 1. The second-order valence-corrected chi connectivity index (χ2v) is 6.39. The lowest BCUT2D eigenvalue weighted by Gasteiger charge is -2.31. The van der Waals surface area contributed by atoms with Gasteiger partial charge in [0.15, 0.2) is 5.78 Å². The quantitative estimate of drug-likeness (QED) is 0.669. The molecule has 2 aromatic rings. The summed E-state index contributed by atoms with van der Waals surface area (Å²) in [6, 6.07) is 15.1. The molecule has 0 aliphatic carbocycles. The van der Waals surface area contributed by atoms with Gasteiger partial charge in [-0.2, -0.15) is 0 Å². The van der Waals surface area contributed by atoms with Gasteiger partial charge in [-0.05, 0) is 60.9 Å². The number of piperidine rings is 1. The Labute approximate surface area is 147 Å². The highest BCUT2D eigenvalue weighted by Crippen LogP contribution is 2.21. The van der Waals surface area contributed by atoms with E-state index >= 15 is 0 Å². The molecular weight excluding hydrogens is 322 g/mol. The number of rotatable bonds is 4. The van der Waals surface area contributed by atoms with Crippen LogP contribution in [0.1, 0.15) is 28.8 Å². The molecule has 0 unspecified atom stereocenters. The second-order valence-electron chi connectivity index (χ2n) is 5.98. The summed E-state index contributed by atoms with van der Waals surface area (Å²) in [4.78, 5) is 14.5. The second kappa shape index (κ2) is 7.65. The molecule has 1 aliphatic heterocycles. The number of halogens is 1. The van der Waals surface area contributed by atoms with Gasteiger partial charge in [-0.1, -0.05) is 29.8 Å². The molecule has 1 aliphatic rings. The first kappa shape index (κ1) is 16.7. The van der Waals surface area contributed by atoms with E-state index in [1.54, 1.807) is 18.2 Å². The monoisotopic (exact) mass is 341 g/mol. The van der Waals surface area contributed by atoms with Crippen LogP contribution in [0.25, 0.3) is 6.08 Å². The fourth-order valence-electron chi connectivity index (χ4n) is 2.83. The summed E-state index contributed by atoms with van der Waals surface area (Å²) in [6.07, 6.45) is 4.69.